The highest BCUT2D eigenvalue weighted by molar-refractivity contribution is 7.92. The number of hydrogen-bond acceptors (Lipinski definition) is 4. The fourth-order valence-corrected chi connectivity index (χ4v) is 7.85. The van der Waals surface area contributed by atoms with Crippen LogP contribution in [0.25, 0.3) is 0 Å². The zero-order valence-corrected chi connectivity index (χ0v) is 23.1. The number of sulfonamides is 1. The summed E-state index contributed by atoms with van der Waals surface area (Å²) >= 11 is 0. The van der Waals surface area contributed by atoms with Crippen molar-refractivity contribution < 1.29 is 13.2 Å². The van der Waals surface area contributed by atoms with Gasteiger partial charge in [0.15, 0.2) is 0 Å². The predicted molar refractivity (Wildman–Crippen MR) is 159 cm³/mol. The van der Waals surface area contributed by atoms with Gasteiger partial charge in [-0.25, -0.2) is 8.42 Å². The number of fused-ring (bicyclic) bond motifs is 1. The summed E-state index contributed by atoms with van der Waals surface area (Å²) in [6, 6.07) is 31.9. The summed E-state index contributed by atoms with van der Waals surface area (Å²) in [4.78, 5) is 15.0. The molecule has 2 aliphatic rings. The Labute approximate surface area is 234 Å². The number of amides is 1. The number of anilines is 2. The topological polar surface area (TPSA) is 70.1 Å². The van der Waals surface area contributed by atoms with Gasteiger partial charge in [-0.05, 0) is 55.3 Å². The van der Waals surface area contributed by atoms with Crippen molar-refractivity contribution in [3.8, 4) is 0 Å². The Bertz CT molecular complexity index is 1730. The molecule has 7 heteroatoms. The molecular formula is C33H29N3O3S. The Morgan fingerprint density at radius 3 is 2.08 bits per heavy atom. The maximum absolute atomic E-state index is 14.9. The van der Waals surface area contributed by atoms with Crippen molar-refractivity contribution in [2.45, 2.75) is 30.7 Å². The van der Waals surface area contributed by atoms with Crippen molar-refractivity contribution in [2.24, 2.45) is 10.5 Å². The summed E-state index contributed by atoms with van der Waals surface area (Å²) < 4.78 is 30.8. The smallest absolute Gasteiger partial charge is 0.264 e. The van der Waals surface area contributed by atoms with Crippen LogP contribution in [0.1, 0.15) is 35.6 Å². The van der Waals surface area contributed by atoms with E-state index in [0.29, 0.717) is 28.2 Å². The summed E-state index contributed by atoms with van der Waals surface area (Å²) in [7, 11) is -4.14. The molecule has 0 N–H and O–H groups in total. The Morgan fingerprint density at radius 1 is 0.825 bits per heavy atom. The molecule has 0 aliphatic carbocycles. The van der Waals surface area contributed by atoms with Crippen LogP contribution in [0, 0.1) is 12.3 Å². The Balaban J connectivity index is 1.69. The van der Waals surface area contributed by atoms with Crippen molar-refractivity contribution in [3.05, 3.63) is 139 Å². The van der Waals surface area contributed by atoms with E-state index in [0.717, 1.165) is 5.56 Å². The molecule has 0 unspecified atom stereocenters. The number of benzene rings is 4. The maximum Gasteiger partial charge on any atom is 0.264 e. The third kappa shape index (κ3) is 3.65. The molecule has 1 amide bonds. The fourth-order valence-electron chi connectivity index (χ4n) is 6.15. The first-order chi connectivity index (χ1) is 19.3. The first-order valence-corrected chi connectivity index (χ1v) is 14.6. The maximum atomic E-state index is 14.9. The van der Waals surface area contributed by atoms with Gasteiger partial charge in [0.05, 0.1) is 28.0 Å². The van der Waals surface area contributed by atoms with Gasteiger partial charge >= 0.3 is 0 Å². The van der Waals surface area contributed by atoms with Crippen LogP contribution in [0.4, 0.5) is 11.4 Å². The highest BCUT2D eigenvalue weighted by Gasteiger charge is 2.65. The number of carbonyl (C=O) groups excluding carboxylic acids is 1. The molecule has 0 bridgehead atoms. The number of para-hydroxylation sites is 2. The first kappa shape index (κ1) is 25.8. The van der Waals surface area contributed by atoms with Crippen LogP contribution in [-0.2, 0) is 14.8 Å². The zero-order valence-electron chi connectivity index (χ0n) is 22.3. The normalized spacial score (nSPS) is 22.2. The number of hydrogen-bond donors (Lipinski definition) is 0. The SMILES string of the molecule is C=C[C@H]1c2ccccc2N(S(=O)(=O)c2ccc(C)cc2)[C@@H](c2ccccc2)[C@]12C(=O)N(c1ccccc1)N=C2C. The van der Waals surface area contributed by atoms with E-state index in [9.17, 15) is 13.2 Å². The standard InChI is InChI=1S/C33H29N3O3S/c1-4-29-28-17-11-12-18-30(28)36(40(38,39)27-21-19-23(2)20-22-27)31(25-13-7-5-8-14-25)33(29)24(3)34-35(32(33)37)26-15-9-6-10-16-26/h4-22,29,31H,1H2,2-3H3/t29-,31-,33+/m0/s1. The molecule has 0 fully saturated rings. The third-order valence-corrected chi connectivity index (χ3v) is 9.78. The van der Waals surface area contributed by atoms with Crippen LogP contribution in [0.3, 0.4) is 0 Å². The third-order valence-electron chi connectivity index (χ3n) is 7.99. The van der Waals surface area contributed by atoms with E-state index < -0.39 is 27.4 Å². The van der Waals surface area contributed by atoms with Gasteiger partial charge in [-0.1, -0.05) is 90.5 Å². The second kappa shape index (κ2) is 9.61. The largest absolute Gasteiger partial charge is 0.271 e. The van der Waals surface area contributed by atoms with Gasteiger partial charge in [0.2, 0.25) is 0 Å². The van der Waals surface area contributed by atoms with Crippen molar-refractivity contribution >= 4 is 33.0 Å². The molecule has 0 saturated carbocycles. The molecule has 0 aromatic heterocycles. The van der Waals surface area contributed by atoms with E-state index in [2.05, 4.69) is 6.58 Å². The summed E-state index contributed by atoms with van der Waals surface area (Å²) in [6.07, 6.45) is 1.76. The van der Waals surface area contributed by atoms with E-state index in [-0.39, 0.29) is 10.8 Å². The van der Waals surface area contributed by atoms with E-state index in [1.165, 1.54) is 9.31 Å². The molecule has 6 nitrogen and oxygen atoms in total. The van der Waals surface area contributed by atoms with Gasteiger partial charge in [0.1, 0.15) is 5.41 Å². The molecule has 1 spiro atoms. The first-order valence-electron chi connectivity index (χ1n) is 13.1. The molecule has 2 aliphatic heterocycles. The van der Waals surface area contributed by atoms with E-state index in [4.69, 9.17) is 5.10 Å². The lowest BCUT2D eigenvalue weighted by Crippen LogP contribution is -2.57. The number of allylic oxidation sites excluding steroid dienone is 1. The van der Waals surface area contributed by atoms with E-state index in [1.54, 1.807) is 36.4 Å². The van der Waals surface area contributed by atoms with E-state index in [1.807, 2.05) is 92.7 Å². The van der Waals surface area contributed by atoms with Gasteiger partial charge < -0.3 is 0 Å². The molecule has 4 aromatic carbocycles. The highest BCUT2D eigenvalue weighted by Crippen LogP contribution is 2.61. The minimum absolute atomic E-state index is 0.154. The lowest BCUT2D eigenvalue weighted by Gasteiger charge is -2.51. The minimum atomic E-state index is -4.14. The lowest BCUT2D eigenvalue weighted by atomic mass is 9.60. The van der Waals surface area contributed by atoms with Crippen LogP contribution in [0.2, 0.25) is 0 Å². The van der Waals surface area contributed by atoms with Crippen molar-refractivity contribution in [1.82, 2.24) is 0 Å². The molecule has 0 radical (unpaired) electrons. The fraction of sp³-hybridized carbons (Fsp3) is 0.152. The lowest BCUT2D eigenvalue weighted by molar-refractivity contribution is -0.125. The predicted octanol–water partition coefficient (Wildman–Crippen LogP) is 6.62. The van der Waals surface area contributed by atoms with Gasteiger partial charge in [0, 0.05) is 5.92 Å². The minimum Gasteiger partial charge on any atom is -0.271 e. The average Bonchev–Trinajstić information content (AvgIpc) is 3.23. The van der Waals surface area contributed by atoms with Gasteiger partial charge in [-0.15, -0.1) is 6.58 Å². The number of nitrogens with zero attached hydrogens (tertiary/aromatic N) is 3. The molecule has 200 valence electrons. The highest BCUT2D eigenvalue weighted by atomic mass is 32.2. The summed E-state index contributed by atoms with van der Waals surface area (Å²) in [5.74, 6) is -0.836. The summed E-state index contributed by atoms with van der Waals surface area (Å²) in [5, 5.41) is 6.20. The number of carbonyl (C=O) groups is 1. The van der Waals surface area contributed by atoms with Crippen molar-refractivity contribution in [1.29, 1.82) is 0 Å². The van der Waals surface area contributed by atoms with Gasteiger partial charge in [-0.3, -0.25) is 9.10 Å². The second-order valence-corrected chi connectivity index (χ2v) is 12.0. The number of hydrazone groups is 1. The molecule has 2 heterocycles. The average molecular weight is 548 g/mol. The summed E-state index contributed by atoms with van der Waals surface area (Å²) in [5.41, 5.74) is 2.63. The van der Waals surface area contributed by atoms with Crippen LogP contribution >= 0.6 is 0 Å². The van der Waals surface area contributed by atoms with Crippen molar-refractivity contribution in [3.63, 3.8) is 0 Å². The van der Waals surface area contributed by atoms with Crippen LogP contribution in [0.15, 0.2) is 132 Å². The Kier molecular flexibility index (Phi) is 6.19. The zero-order chi connectivity index (χ0) is 28.1. The molecule has 6 rings (SSSR count). The molecular weight excluding hydrogens is 518 g/mol. The van der Waals surface area contributed by atoms with Gasteiger partial charge in [0.25, 0.3) is 15.9 Å². The number of rotatable bonds is 5. The Morgan fingerprint density at radius 2 is 1.43 bits per heavy atom. The van der Waals surface area contributed by atoms with Gasteiger partial charge in [-0.2, -0.15) is 10.1 Å². The summed E-state index contributed by atoms with van der Waals surface area (Å²) in [6.45, 7) is 7.89. The number of aryl methyl sites for hydroxylation is 1. The van der Waals surface area contributed by atoms with Crippen LogP contribution in [-0.4, -0.2) is 20.0 Å². The molecule has 4 aromatic rings. The van der Waals surface area contributed by atoms with Crippen molar-refractivity contribution in [2.75, 3.05) is 9.31 Å². The molecule has 0 saturated heterocycles. The van der Waals surface area contributed by atoms with Crippen LogP contribution in [0.5, 0.6) is 0 Å². The Hall–Kier alpha value is -4.49. The molecule has 40 heavy (non-hydrogen) atoms. The quantitative estimate of drug-likeness (QED) is 0.264. The van der Waals surface area contributed by atoms with Crippen LogP contribution < -0.4 is 9.31 Å². The second-order valence-electron chi connectivity index (χ2n) is 10.2. The molecule has 3 atom stereocenters. The van der Waals surface area contributed by atoms with E-state index >= 15 is 0 Å². The monoisotopic (exact) mass is 547 g/mol.